The number of hydrogen-bond donors (Lipinski definition) is 3. The SMILES string of the molecule is CC(C)C(NS(=O)(=O)c1ccc(N)nc1)C(N)=O. The molecule has 100 valence electrons. The summed E-state index contributed by atoms with van der Waals surface area (Å²) in [4.78, 5) is 14.8. The number of hydrogen-bond acceptors (Lipinski definition) is 5. The molecule has 1 unspecified atom stereocenters. The maximum Gasteiger partial charge on any atom is 0.242 e. The molecular formula is C10H16N4O3S. The molecule has 1 amide bonds. The summed E-state index contributed by atoms with van der Waals surface area (Å²) in [6.45, 7) is 3.39. The van der Waals surface area contributed by atoms with Gasteiger partial charge in [0.15, 0.2) is 0 Å². The van der Waals surface area contributed by atoms with Crippen molar-refractivity contribution in [1.29, 1.82) is 0 Å². The van der Waals surface area contributed by atoms with E-state index in [1.165, 1.54) is 12.1 Å². The predicted octanol–water partition coefficient (Wildman–Crippen LogP) is -0.548. The lowest BCUT2D eigenvalue weighted by molar-refractivity contribution is -0.120. The van der Waals surface area contributed by atoms with Gasteiger partial charge in [-0.1, -0.05) is 13.8 Å². The Morgan fingerprint density at radius 3 is 2.39 bits per heavy atom. The number of nitrogens with two attached hydrogens (primary N) is 2. The second kappa shape index (κ2) is 5.32. The van der Waals surface area contributed by atoms with E-state index in [1.807, 2.05) is 0 Å². The van der Waals surface area contributed by atoms with Crippen LogP contribution in [0, 0.1) is 5.92 Å². The summed E-state index contributed by atoms with van der Waals surface area (Å²) < 4.78 is 26.2. The van der Waals surface area contributed by atoms with E-state index in [0.717, 1.165) is 6.20 Å². The number of sulfonamides is 1. The topological polar surface area (TPSA) is 128 Å². The number of nitrogens with zero attached hydrogens (tertiary/aromatic N) is 1. The Balaban J connectivity index is 3.01. The van der Waals surface area contributed by atoms with Gasteiger partial charge in [-0.15, -0.1) is 0 Å². The molecule has 1 atom stereocenters. The molecule has 1 aromatic rings. The zero-order chi connectivity index (χ0) is 13.9. The van der Waals surface area contributed by atoms with E-state index >= 15 is 0 Å². The number of carbonyl (C=O) groups excluding carboxylic acids is 1. The van der Waals surface area contributed by atoms with Gasteiger partial charge in [-0.25, -0.2) is 13.4 Å². The van der Waals surface area contributed by atoms with Crippen molar-refractivity contribution in [3.05, 3.63) is 18.3 Å². The fourth-order valence-corrected chi connectivity index (χ4v) is 2.61. The number of primary amides is 1. The van der Waals surface area contributed by atoms with Gasteiger partial charge in [-0.3, -0.25) is 4.79 Å². The normalized spacial score (nSPS) is 13.5. The van der Waals surface area contributed by atoms with Crippen LogP contribution in [-0.2, 0) is 14.8 Å². The van der Waals surface area contributed by atoms with Gasteiger partial charge in [0.05, 0.1) is 0 Å². The molecule has 0 radical (unpaired) electrons. The Hall–Kier alpha value is -1.67. The van der Waals surface area contributed by atoms with Crippen LogP contribution in [0.25, 0.3) is 0 Å². The molecule has 7 nitrogen and oxygen atoms in total. The summed E-state index contributed by atoms with van der Waals surface area (Å²) >= 11 is 0. The van der Waals surface area contributed by atoms with E-state index in [2.05, 4.69) is 9.71 Å². The van der Waals surface area contributed by atoms with Crippen LogP contribution in [-0.4, -0.2) is 25.4 Å². The lowest BCUT2D eigenvalue weighted by Gasteiger charge is -2.18. The highest BCUT2D eigenvalue weighted by atomic mass is 32.2. The van der Waals surface area contributed by atoms with Gasteiger partial charge in [0.25, 0.3) is 0 Å². The van der Waals surface area contributed by atoms with Crippen LogP contribution in [0.2, 0.25) is 0 Å². The first-order valence-electron chi connectivity index (χ1n) is 5.27. The van der Waals surface area contributed by atoms with Gasteiger partial charge in [-0.05, 0) is 18.1 Å². The van der Waals surface area contributed by atoms with Gasteiger partial charge in [0.2, 0.25) is 15.9 Å². The van der Waals surface area contributed by atoms with E-state index < -0.39 is 22.0 Å². The van der Waals surface area contributed by atoms with Crippen molar-refractivity contribution in [2.45, 2.75) is 24.8 Å². The Kier molecular flexibility index (Phi) is 4.25. The molecule has 0 aliphatic heterocycles. The van der Waals surface area contributed by atoms with Crippen LogP contribution in [0.3, 0.4) is 0 Å². The molecular weight excluding hydrogens is 256 g/mol. The summed E-state index contributed by atoms with van der Waals surface area (Å²) in [6.07, 6.45) is 1.12. The van der Waals surface area contributed by atoms with Gasteiger partial charge < -0.3 is 11.5 Å². The third kappa shape index (κ3) is 3.41. The minimum atomic E-state index is -3.84. The molecule has 18 heavy (non-hydrogen) atoms. The van der Waals surface area contributed by atoms with Gasteiger partial charge in [0, 0.05) is 6.20 Å². The predicted molar refractivity (Wildman–Crippen MR) is 66.8 cm³/mol. The number of aromatic nitrogens is 1. The minimum absolute atomic E-state index is 0.0661. The molecule has 5 N–H and O–H groups in total. The molecule has 0 aliphatic carbocycles. The van der Waals surface area contributed by atoms with Crippen LogP contribution in [0.1, 0.15) is 13.8 Å². The van der Waals surface area contributed by atoms with E-state index in [9.17, 15) is 13.2 Å². The average molecular weight is 272 g/mol. The van der Waals surface area contributed by atoms with Crippen molar-refractivity contribution in [3.63, 3.8) is 0 Å². The standard InChI is InChI=1S/C10H16N4O3S/c1-6(2)9(10(12)15)14-18(16,17)7-3-4-8(11)13-5-7/h3-6,9,14H,1-2H3,(H2,11,13)(H2,12,15). The second-order valence-corrected chi connectivity index (χ2v) is 5.88. The fourth-order valence-electron chi connectivity index (χ4n) is 1.31. The summed E-state index contributed by atoms with van der Waals surface area (Å²) in [6, 6.07) is 1.71. The number of carbonyl (C=O) groups is 1. The van der Waals surface area contributed by atoms with Crippen LogP contribution in [0.4, 0.5) is 5.82 Å². The number of nitrogen functional groups attached to an aromatic ring is 1. The summed E-state index contributed by atoms with van der Waals surface area (Å²) in [5.41, 5.74) is 10.5. The average Bonchev–Trinajstić information content (AvgIpc) is 2.26. The lowest BCUT2D eigenvalue weighted by atomic mass is 10.1. The minimum Gasteiger partial charge on any atom is -0.384 e. The molecule has 8 heteroatoms. The van der Waals surface area contributed by atoms with Crippen molar-refractivity contribution < 1.29 is 13.2 Å². The molecule has 0 spiro atoms. The number of anilines is 1. The van der Waals surface area contributed by atoms with Crippen molar-refractivity contribution in [1.82, 2.24) is 9.71 Å². The molecule has 0 bridgehead atoms. The first-order valence-corrected chi connectivity index (χ1v) is 6.75. The summed E-state index contributed by atoms with van der Waals surface area (Å²) in [5.74, 6) is -0.764. The Morgan fingerprint density at radius 1 is 1.39 bits per heavy atom. The molecule has 0 aliphatic rings. The zero-order valence-corrected chi connectivity index (χ0v) is 10.9. The Bertz CT molecular complexity index is 525. The second-order valence-electron chi connectivity index (χ2n) is 4.16. The van der Waals surface area contributed by atoms with Crippen molar-refractivity contribution >= 4 is 21.7 Å². The highest BCUT2D eigenvalue weighted by molar-refractivity contribution is 7.89. The third-order valence-electron chi connectivity index (χ3n) is 2.32. The van der Waals surface area contributed by atoms with Crippen LogP contribution in [0.15, 0.2) is 23.2 Å². The number of nitrogens with one attached hydrogen (secondary N) is 1. The maximum atomic E-state index is 12.0. The number of rotatable bonds is 5. The molecule has 1 aromatic heterocycles. The molecule has 1 heterocycles. The summed E-state index contributed by atoms with van der Waals surface area (Å²) in [5, 5.41) is 0. The van der Waals surface area contributed by atoms with E-state index in [0.29, 0.717) is 0 Å². The zero-order valence-electron chi connectivity index (χ0n) is 10.1. The highest BCUT2D eigenvalue weighted by Crippen LogP contribution is 2.11. The van der Waals surface area contributed by atoms with Crippen LogP contribution in [0.5, 0.6) is 0 Å². The smallest absolute Gasteiger partial charge is 0.242 e. The van der Waals surface area contributed by atoms with Gasteiger partial charge >= 0.3 is 0 Å². The van der Waals surface area contributed by atoms with Crippen LogP contribution < -0.4 is 16.2 Å². The maximum absolute atomic E-state index is 12.0. The number of amides is 1. The fraction of sp³-hybridized carbons (Fsp3) is 0.400. The Morgan fingerprint density at radius 2 is 2.00 bits per heavy atom. The van der Waals surface area contributed by atoms with Crippen molar-refractivity contribution in [3.8, 4) is 0 Å². The highest BCUT2D eigenvalue weighted by Gasteiger charge is 2.26. The molecule has 1 rings (SSSR count). The monoisotopic (exact) mass is 272 g/mol. The largest absolute Gasteiger partial charge is 0.384 e. The first kappa shape index (κ1) is 14.4. The van der Waals surface area contributed by atoms with E-state index in [-0.39, 0.29) is 16.6 Å². The first-order chi connectivity index (χ1) is 8.24. The van der Waals surface area contributed by atoms with E-state index in [1.54, 1.807) is 13.8 Å². The molecule has 0 fully saturated rings. The van der Waals surface area contributed by atoms with Gasteiger partial charge in [0.1, 0.15) is 16.8 Å². The lowest BCUT2D eigenvalue weighted by Crippen LogP contribution is -2.47. The number of pyridine rings is 1. The Labute approximate surface area is 106 Å². The summed E-state index contributed by atoms with van der Waals surface area (Å²) in [7, 11) is -3.84. The van der Waals surface area contributed by atoms with Crippen molar-refractivity contribution in [2.75, 3.05) is 5.73 Å². The van der Waals surface area contributed by atoms with Crippen LogP contribution >= 0.6 is 0 Å². The van der Waals surface area contributed by atoms with Crippen molar-refractivity contribution in [2.24, 2.45) is 11.7 Å². The third-order valence-corrected chi connectivity index (χ3v) is 3.75. The quantitative estimate of drug-likeness (QED) is 0.662. The van der Waals surface area contributed by atoms with Gasteiger partial charge in [-0.2, -0.15) is 4.72 Å². The van der Waals surface area contributed by atoms with E-state index in [4.69, 9.17) is 11.5 Å². The molecule has 0 saturated heterocycles. The molecule has 0 aromatic carbocycles. The molecule has 0 saturated carbocycles.